The molecule has 8 heteroatoms. The molecule has 1 aromatic heterocycles. The zero-order valence-electron chi connectivity index (χ0n) is 13.6. The Labute approximate surface area is 159 Å². The molecule has 1 atom stereocenters. The van der Waals surface area contributed by atoms with E-state index in [0.717, 1.165) is 11.1 Å². The molecule has 1 fully saturated rings. The van der Waals surface area contributed by atoms with Crippen LogP contribution in [0.5, 0.6) is 0 Å². The van der Waals surface area contributed by atoms with Crippen molar-refractivity contribution in [1.82, 2.24) is 9.88 Å². The molecule has 2 heterocycles. The van der Waals surface area contributed by atoms with Gasteiger partial charge >= 0.3 is 0 Å². The SMILES string of the molecule is Cc1ccccc1/C=C1\SC(=S)N(C(C)C(=O)Nc2nccs2)C1=O. The smallest absolute Gasteiger partial charge is 0.266 e. The summed E-state index contributed by atoms with van der Waals surface area (Å²) in [7, 11) is 0. The monoisotopic (exact) mass is 389 g/mol. The Morgan fingerprint density at radius 1 is 1.40 bits per heavy atom. The lowest BCUT2D eigenvalue weighted by molar-refractivity contribution is -0.129. The molecular weight excluding hydrogens is 374 g/mol. The number of nitrogens with zero attached hydrogens (tertiary/aromatic N) is 2. The lowest BCUT2D eigenvalue weighted by Gasteiger charge is -2.21. The summed E-state index contributed by atoms with van der Waals surface area (Å²) in [6.07, 6.45) is 3.43. The van der Waals surface area contributed by atoms with E-state index in [-0.39, 0.29) is 11.8 Å². The van der Waals surface area contributed by atoms with Crippen LogP contribution in [0.25, 0.3) is 6.08 Å². The predicted octanol–water partition coefficient (Wildman–Crippen LogP) is 3.68. The van der Waals surface area contributed by atoms with Gasteiger partial charge in [0.25, 0.3) is 5.91 Å². The Hall–Kier alpha value is -2.03. The van der Waals surface area contributed by atoms with Crippen molar-refractivity contribution in [1.29, 1.82) is 0 Å². The molecule has 25 heavy (non-hydrogen) atoms. The molecule has 1 saturated heterocycles. The number of hydrogen-bond donors (Lipinski definition) is 1. The number of benzene rings is 1. The third-order valence-electron chi connectivity index (χ3n) is 3.73. The van der Waals surface area contributed by atoms with Crippen molar-refractivity contribution in [3.63, 3.8) is 0 Å². The highest BCUT2D eigenvalue weighted by Gasteiger charge is 2.38. The topological polar surface area (TPSA) is 62.3 Å². The minimum atomic E-state index is -0.709. The fourth-order valence-electron chi connectivity index (χ4n) is 2.32. The summed E-state index contributed by atoms with van der Waals surface area (Å²) >= 11 is 7.86. The number of anilines is 1. The molecule has 0 spiro atoms. The van der Waals surface area contributed by atoms with Crippen LogP contribution < -0.4 is 5.32 Å². The molecule has 128 valence electrons. The number of thioether (sulfide) groups is 1. The van der Waals surface area contributed by atoms with Crippen LogP contribution in [0.3, 0.4) is 0 Å². The average molecular weight is 390 g/mol. The predicted molar refractivity (Wildman–Crippen MR) is 106 cm³/mol. The quantitative estimate of drug-likeness (QED) is 0.638. The normalized spacial score (nSPS) is 17.2. The van der Waals surface area contributed by atoms with Crippen LogP contribution in [-0.4, -0.2) is 32.1 Å². The maximum absolute atomic E-state index is 12.7. The highest BCUT2D eigenvalue weighted by Crippen LogP contribution is 2.34. The summed E-state index contributed by atoms with van der Waals surface area (Å²) in [6, 6.07) is 7.09. The number of aryl methyl sites for hydroxylation is 1. The standard InChI is InChI=1S/C17H15N3O2S3/c1-10-5-3-4-6-12(10)9-13-15(22)20(17(23)25-13)11(2)14(21)19-16-18-7-8-24-16/h3-9,11H,1-2H3,(H,18,19,21)/b13-9-. The summed E-state index contributed by atoms with van der Waals surface area (Å²) in [5, 5.41) is 4.97. The van der Waals surface area contributed by atoms with E-state index < -0.39 is 6.04 Å². The Balaban J connectivity index is 1.79. The third-order valence-corrected chi connectivity index (χ3v) is 5.75. The lowest BCUT2D eigenvalue weighted by Crippen LogP contribution is -2.44. The summed E-state index contributed by atoms with van der Waals surface area (Å²) in [5.74, 6) is -0.566. The molecule has 2 amide bonds. The van der Waals surface area contributed by atoms with Gasteiger partial charge in [-0.2, -0.15) is 0 Å². The van der Waals surface area contributed by atoms with Crippen molar-refractivity contribution in [2.24, 2.45) is 0 Å². The van der Waals surface area contributed by atoms with Crippen molar-refractivity contribution >= 4 is 62.7 Å². The van der Waals surface area contributed by atoms with Crippen LogP contribution in [0, 0.1) is 6.92 Å². The number of carbonyl (C=O) groups is 2. The van der Waals surface area contributed by atoms with E-state index in [4.69, 9.17) is 12.2 Å². The first-order valence-corrected chi connectivity index (χ1v) is 9.61. The van der Waals surface area contributed by atoms with Crippen molar-refractivity contribution in [2.45, 2.75) is 19.9 Å². The lowest BCUT2D eigenvalue weighted by atomic mass is 10.1. The van der Waals surface area contributed by atoms with Crippen LogP contribution in [0.2, 0.25) is 0 Å². The van der Waals surface area contributed by atoms with Gasteiger partial charge in [0.05, 0.1) is 4.91 Å². The van der Waals surface area contributed by atoms with Crippen LogP contribution in [0.15, 0.2) is 40.7 Å². The van der Waals surface area contributed by atoms with E-state index in [2.05, 4.69) is 10.3 Å². The first kappa shape index (κ1) is 17.8. The van der Waals surface area contributed by atoms with Crippen LogP contribution in [-0.2, 0) is 9.59 Å². The summed E-state index contributed by atoms with van der Waals surface area (Å²) in [4.78, 5) is 31.0. The number of nitrogens with one attached hydrogen (secondary N) is 1. The number of rotatable bonds is 4. The fraction of sp³-hybridized carbons (Fsp3) is 0.176. The van der Waals surface area contributed by atoms with E-state index in [1.807, 2.05) is 37.3 Å². The van der Waals surface area contributed by atoms with Gasteiger partial charge in [0.2, 0.25) is 5.91 Å². The molecule has 1 aromatic carbocycles. The van der Waals surface area contributed by atoms with Gasteiger partial charge in [-0.3, -0.25) is 14.5 Å². The van der Waals surface area contributed by atoms with Crippen LogP contribution >= 0.6 is 35.3 Å². The molecule has 1 aliphatic rings. The Morgan fingerprint density at radius 3 is 2.84 bits per heavy atom. The second-order valence-electron chi connectivity index (χ2n) is 5.41. The Morgan fingerprint density at radius 2 is 2.16 bits per heavy atom. The van der Waals surface area contributed by atoms with Gasteiger partial charge in [-0.05, 0) is 31.1 Å². The second-order valence-corrected chi connectivity index (χ2v) is 7.98. The van der Waals surface area contributed by atoms with E-state index >= 15 is 0 Å². The molecular formula is C17H15N3O2S3. The summed E-state index contributed by atoms with van der Waals surface area (Å²) in [5.41, 5.74) is 2.03. The van der Waals surface area contributed by atoms with Gasteiger partial charge in [-0.15, -0.1) is 11.3 Å². The number of hydrogen-bond acceptors (Lipinski definition) is 6. The number of thiazole rings is 1. The Bertz CT molecular complexity index is 862. The molecule has 0 aliphatic carbocycles. The highest BCUT2D eigenvalue weighted by molar-refractivity contribution is 8.26. The molecule has 5 nitrogen and oxygen atoms in total. The molecule has 0 saturated carbocycles. The van der Waals surface area contributed by atoms with Crippen molar-refractivity contribution < 1.29 is 9.59 Å². The number of carbonyl (C=O) groups excluding carboxylic acids is 2. The zero-order valence-corrected chi connectivity index (χ0v) is 16.0. The van der Waals surface area contributed by atoms with Gasteiger partial charge < -0.3 is 5.32 Å². The summed E-state index contributed by atoms with van der Waals surface area (Å²) < 4.78 is 0.381. The molecule has 1 unspecified atom stereocenters. The van der Waals surface area contributed by atoms with Crippen LogP contribution in [0.1, 0.15) is 18.1 Å². The van der Waals surface area contributed by atoms with Crippen molar-refractivity contribution in [3.05, 3.63) is 51.9 Å². The van der Waals surface area contributed by atoms with Gasteiger partial charge in [-0.1, -0.05) is 48.2 Å². The number of amides is 2. The van der Waals surface area contributed by atoms with E-state index in [0.29, 0.717) is 14.4 Å². The molecule has 1 N–H and O–H groups in total. The van der Waals surface area contributed by atoms with Crippen LogP contribution in [0.4, 0.5) is 5.13 Å². The average Bonchev–Trinajstić information content (AvgIpc) is 3.17. The van der Waals surface area contributed by atoms with Gasteiger partial charge in [0.1, 0.15) is 10.4 Å². The van der Waals surface area contributed by atoms with E-state index in [1.165, 1.54) is 28.0 Å². The fourth-order valence-corrected chi connectivity index (χ4v) is 4.26. The zero-order chi connectivity index (χ0) is 18.0. The minimum absolute atomic E-state index is 0.250. The van der Waals surface area contributed by atoms with Gasteiger partial charge in [-0.25, -0.2) is 4.98 Å². The van der Waals surface area contributed by atoms with Crippen molar-refractivity contribution in [2.75, 3.05) is 5.32 Å². The molecule has 0 bridgehead atoms. The highest BCUT2D eigenvalue weighted by atomic mass is 32.2. The maximum atomic E-state index is 12.7. The van der Waals surface area contributed by atoms with Gasteiger partial charge in [0.15, 0.2) is 5.13 Å². The van der Waals surface area contributed by atoms with E-state index in [9.17, 15) is 9.59 Å². The number of thiocarbonyl (C=S) groups is 1. The first-order valence-electron chi connectivity index (χ1n) is 7.50. The van der Waals surface area contributed by atoms with E-state index in [1.54, 1.807) is 18.5 Å². The Kier molecular flexibility index (Phi) is 5.31. The molecule has 2 aromatic rings. The molecule has 1 aliphatic heterocycles. The maximum Gasteiger partial charge on any atom is 0.266 e. The van der Waals surface area contributed by atoms with Crippen molar-refractivity contribution in [3.8, 4) is 0 Å². The summed E-state index contributed by atoms with van der Waals surface area (Å²) in [6.45, 7) is 3.64. The molecule has 3 rings (SSSR count). The second kappa shape index (κ2) is 7.47. The minimum Gasteiger partial charge on any atom is -0.300 e. The van der Waals surface area contributed by atoms with Gasteiger partial charge in [0, 0.05) is 11.6 Å². The third kappa shape index (κ3) is 3.81. The molecule has 0 radical (unpaired) electrons. The number of aromatic nitrogens is 1. The first-order chi connectivity index (χ1) is 12.0. The largest absolute Gasteiger partial charge is 0.300 e.